The first-order chi connectivity index (χ1) is 8.79. The van der Waals surface area contributed by atoms with Gasteiger partial charge in [-0.3, -0.25) is 0 Å². The molecule has 2 aromatic rings. The Balaban J connectivity index is 2.41. The summed E-state index contributed by atoms with van der Waals surface area (Å²) in [5, 5.41) is 0. The molecular weight excluding hydrogens is 407 g/mol. The van der Waals surface area contributed by atoms with Crippen molar-refractivity contribution in [2.24, 2.45) is 5.73 Å². The average Bonchev–Trinajstić information content (AvgIpc) is 2.74. The number of nitrogens with two attached hydrogens (primary N) is 1. The second-order valence-electron chi connectivity index (χ2n) is 3.86. The molecule has 102 valence electrons. The fraction of sp³-hybridized carbons (Fsp3) is 0.167. The summed E-state index contributed by atoms with van der Waals surface area (Å²) in [7, 11) is 0. The minimum Gasteiger partial charge on any atom is -0.320 e. The first-order valence-electron chi connectivity index (χ1n) is 5.16. The minimum absolute atomic E-state index is 0.0170. The normalized spacial score (nSPS) is 13.6. The predicted octanol–water partition coefficient (Wildman–Crippen LogP) is 5.34. The molecule has 1 aromatic heterocycles. The largest absolute Gasteiger partial charge is 0.417 e. The first-order valence-corrected chi connectivity index (χ1v) is 7.57. The third-order valence-corrected chi connectivity index (χ3v) is 4.95. The van der Waals surface area contributed by atoms with Crippen LogP contribution in [-0.4, -0.2) is 0 Å². The molecule has 0 spiro atoms. The summed E-state index contributed by atoms with van der Waals surface area (Å²) >= 11 is 7.62. The molecule has 0 radical (unpaired) electrons. The van der Waals surface area contributed by atoms with Crippen molar-refractivity contribution in [3.8, 4) is 0 Å². The van der Waals surface area contributed by atoms with Crippen molar-refractivity contribution in [3.63, 3.8) is 0 Å². The van der Waals surface area contributed by atoms with Gasteiger partial charge < -0.3 is 5.73 Å². The molecule has 0 saturated heterocycles. The van der Waals surface area contributed by atoms with E-state index in [-0.39, 0.29) is 4.47 Å². The molecule has 2 N–H and O–H groups in total. The van der Waals surface area contributed by atoms with Crippen LogP contribution in [0.3, 0.4) is 0 Å². The van der Waals surface area contributed by atoms with Crippen molar-refractivity contribution < 1.29 is 13.2 Å². The lowest BCUT2D eigenvalue weighted by atomic mass is 10.0. The van der Waals surface area contributed by atoms with Crippen molar-refractivity contribution in [2.75, 3.05) is 0 Å². The summed E-state index contributed by atoms with van der Waals surface area (Å²) in [5.41, 5.74) is 5.72. The lowest BCUT2D eigenvalue weighted by Gasteiger charge is -2.14. The molecule has 1 unspecified atom stereocenters. The minimum atomic E-state index is -4.40. The van der Waals surface area contributed by atoms with Crippen molar-refractivity contribution in [1.82, 2.24) is 0 Å². The molecule has 0 amide bonds. The Kier molecular flexibility index (Phi) is 4.39. The third-order valence-electron chi connectivity index (χ3n) is 2.56. The van der Waals surface area contributed by atoms with E-state index >= 15 is 0 Å². The van der Waals surface area contributed by atoms with Gasteiger partial charge >= 0.3 is 6.18 Å². The molecule has 1 heterocycles. The van der Waals surface area contributed by atoms with Gasteiger partial charge in [-0.25, -0.2) is 0 Å². The van der Waals surface area contributed by atoms with Gasteiger partial charge in [-0.1, -0.05) is 22.0 Å². The van der Waals surface area contributed by atoms with Gasteiger partial charge in [0.05, 0.1) is 15.4 Å². The zero-order valence-electron chi connectivity index (χ0n) is 9.34. The molecular formula is C12H8Br2F3NS. The van der Waals surface area contributed by atoms with Crippen LogP contribution in [0, 0.1) is 0 Å². The van der Waals surface area contributed by atoms with E-state index in [2.05, 4.69) is 31.9 Å². The highest BCUT2D eigenvalue weighted by Gasteiger charge is 2.33. The molecule has 0 fully saturated rings. The maximum atomic E-state index is 12.8. The van der Waals surface area contributed by atoms with Crippen LogP contribution in [0.4, 0.5) is 13.2 Å². The van der Waals surface area contributed by atoms with Crippen LogP contribution in [0.15, 0.2) is 38.6 Å². The number of benzene rings is 1. The molecule has 7 heteroatoms. The lowest BCUT2D eigenvalue weighted by Crippen LogP contribution is -2.13. The van der Waals surface area contributed by atoms with Gasteiger partial charge in [0.15, 0.2) is 0 Å². The van der Waals surface area contributed by atoms with E-state index < -0.39 is 17.8 Å². The summed E-state index contributed by atoms with van der Waals surface area (Å²) in [4.78, 5) is 0.808. The average molecular weight is 415 g/mol. The van der Waals surface area contributed by atoms with Crippen LogP contribution >= 0.6 is 43.2 Å². The van der Waals surface area contributed by atoms with Crippen LogP contribution in [0.25, 0.3) is 0 Å². The molecule has 0 aliphatic rings. The van der Waals surface area contributed by atoms with E-state index in [1.807, 2.05) is 6.07 Å². The van der Waals surface area contributed by atoms with E-state index in [0.717, 1.165) is 14.7 Å². The van der Waals surface area contributed by atoms with Crippen LogP contribution in [0.2, 0.25) is 0 Å². The molecule has 0 aliphatic heterocycles. The van der Waals surface area contributed by atoms with E-state index in [0.29, 0.717) is 5.56 Å². The van der Waals surface area contributed by atoms with Crippen LogP contribution in [0.1, 0.15) is 22.0 Å². The topological polar surface area (TPSA) is 26.0 Å². The summed E-state index contributed by atoms with van der Waals surface area (Å²) in [5.74, 6) is 0. The van der Waals surface area contributed by atoms with Crippen molar-refractivity contribution in [2.45, 2.75) is 12.2 Å². The van der Waals surface area contributed by atoms with Crippen molar-refractivity contribution >= 4 is 43.2 Å². The molecule has 0 saturated carbocycles. The zero-order chi connectivity index (χ0) is 14.2. The highest BCUT2D eigenvalue weighted by Crippen LogP contribution is 2.37. The SMILES string of the molecule is NC(c1ccc(Br)c(C(F)(F)F)c1)c1ccc(Br)s1. The Morgan fingerprint density at radius 2 is 1.79 bits per heavy atom. The molecule has 0 aliphatic carbocycles. The second kappa shape index (κ2) is 5.55. The summed E-state index contributed by atoms with van der Waals surface area (Å²) in [6.07, 6.45) is -4.40. The van der Waals surface area contributed by atoms with E-state index in [1.54, 1.807) is 12.1 Å². The molecule has 19 heavy (non-hydrogen) atoms. The van der Waals surface area contributed by atoms with Gasteiger partial charge in [0.2, 0.25) is 0 Å². The zero-order valence-corrected chi connectivity index (χ0v) is 13.3. The maximum absolute atomic E-state index is 12.8. The smallest absolute Gasteiger partial charge is 0.320 e. The standard InChI is InChI=1S/C12H8Br2F3NS/c13-8-2-1-6(5-7(8)12(15,16)17)11(18)9-3-4-10(14)19-9/h1-5,11H,18H2. The number of rotatable bonds is 2. The Morgan fingerprint density at radius 3 is 2.32 bits per heavy atom. The summed E-state index contributed by atoms with van der Waals surface area (Å²) in [6.45, 7) is 0. The Hall–Kier alpha value is -0.370. The Labute approximate surface area is 128 Å². The summed E-state index contributed by atoms with van der Waals surface area (Å²) in [6, 6.07) is 7.11. The van der Waals surface area contributed by atoms with Crippen LogP contribution < -0.4 is 5.73 Å². The van der Waals surface area contributed by atoms with Gasteiger partial charge in [0.1, 0.15) is 0 Å². The van der Waals surface area contributed by atoms with Gasteiger partial charge in [-0.2, -0.15) is 13.2 Å². The van der Waals surface area contributed by atoms with E-state index in [1.165, 1.54) is 17.4 Å². The Morgan fingerprint density at radius 1 is 1.11 bits per heavy atom. The Bertz CT molecular complexity index is 595. The predicted molar refractivity (Wildman–Crippen MR) is 77.2 cm³/mol. The van der Waals surface area contributed by atoms with Crippen LogP contribution in [-0.2, 0) is 6.18 Å². The van der Waals surface area contributed by atoms with E-state index in [4.69, 9.17) is 5.73 Å². The maximum Gasteiger partial charge on any atom is 0.417 e. The fourth-order valence-electron chi connectivity index (χ4n) is 1.61. The summed E-state index contributed by atoms with van der Waals surface area (Å²) < 4.78 is 39.4. The van der Waals surface area contributed by atoms with Crippen molar-refractivity contribution in [3.05, 3.63) is 54.6 Å². The monoisotopic (exact) mass is 413 g/mol. The molecule has 0 bridgehead atoms. The number of thiophene rings is 1. The number of hydrogen-bond acceptors (Lipinski definition) is 2. The van der Waals surface area contributed by atoms with E-state index in [9.17, 15) is 13.2 Å². The van der Waals surface area contributed by atoms with Gasteiger partial charge in [0.25, 0.3) is 0 Å². The highest BCUT2D eigenvalue weighted by atomic mass is 79.9. The van der Waals surface area contributed by atoms with Gasteiger partial charge in [-0.15, -0.1) is 11.3 Å². The third kappa shape index (κ3) is 3.39. The van der Waals surface area contributed by atoms with Crippen LogP contribution in [0.5, 0.6) is 0 Å². The molecule has 1 aromatic carbocycles. The lowest BCUT2D eigenvalue weighted by molar-refractivity contribution is -0.138. The number of alkyl halides is 3. The molecule has 1 atom stereocenters. The number of halogens is 5. The highest BCUT2D eigenvalue weighted by molar-refractivity contribution is 9.11. The van der Waals surface area contributed by atoms with Gasteiger partial charge in [0, 0.05) is 9.35 Å². The molecule has 2 rings (SSSR count). The molecule has 1 nitrogen and oxygen atoms in total. The fourth-order valence-corrected chi connectivity index (χ4v) is 3.54. The first kappa shape index (κ1) is 15.0. The van der Waals surface area contributed by atoms with Crippen molar-refractivity contribution in [1.29, 1.82) is 0 Å². The van der Waals surface area contributed by atoms with Gasteiger partial charge in [-0.05, 0) is 45.8 Å². The second-order valence-corrected chi connectivity index (χ2v) is 7.21. The number of hydrogen-bond donors (Lipinski definition) is 1. The quantitative estimate of drug-likeness (QED) is 0.705.